The largest absolute Gasteiger partial charge is 0.511 e. The first-order valence-electron chi connectivity index (χ1n) is 8.83. The van der Waals surface area contributed by atoms with Crippen molar-refractivity contribution >= 4 is 23.3 Å². The number of carbonyl (C=O) groups is 3. The van der Waals surface area contributed by atoms with Crippen LogP contribution in [0.5, 0.6) is 0 Å². The lowest BCUT2D eigenvalue weighted by Gasteiger charge is -2.35. The molecule has 1 saturated heterocycles. The van der Waals surface area contributed by atoms with Crippen LogP contribution in [-0.4, -0.2) is 22.7 Å². The van der Waals surface area contributed by atoms with Gasteiger partial charge in [-0.2, -0.15) is 0 Å². The van der Waals surface area contributed by atoms with Gasteiger partial charge in [-0.25, -0.2) is 4.90 Å². The second kappa shape index (κ2) is 5.40. The summed E-state index contributed by atoms with van der Waals surface area (Å²) in [5, 5.41) is 10.8. The number of nitrogens with zero attached hydrogens (tertiary/aromatic N) is 1. The Hall–Kier alpha value is -2.69. The van der Waals surface area contributed by atoms with E-state index in [9.17, 15) is 19.5 Å². The van der Waals surface area contributed by atoms with E-state index < -0.39 is 17.3 Å². The molecule has 1 N–H and O–H groups in total. The topological polar surface area (TPSA) is 74.7 Å². The van der Waals surface area contributed by atoms with Crippen LogP contribution in [0.3, 0.4) is 0 Å². The Bertz CT molecular complexity index is 898. The highest BCUT2D eigenvalue weighted by atomic mass is 16.3. The number of amides is 2. The highest BCUT2D eigenvalue weighted by Gasteiger charge is 2.70. The first kappa shape index (κ1) is 16.8. The zero-order valence-corrected chi connectivity index (χ0v) is 15.0. The number of aliphatic hydroxyl groups is 1. The van der Waals surface area contributed by atoms with Crippen molar-refractivity contribution in [2.24, 2.45) is 23.2 Å². The number of ketones is 1. The van der Waals surface area contributed by atoms with Gasteiger partial charge in [-0.05, 0) is 45.2 Å². The summed E-state index contributed by atoms with van der Waals surface area (Å²) >= 11 is 0. The maximum atomic E-state index is 13.3. The number of benzene rings is 1. The fourth-order valence-corrected chi connectivity index (χ4v) is 5.26. The van der Waals surface area contributed by atoms with Crippen molar-refractivity contribution in [3.05, 3.63) is 53.3 Å². The SMILES string of the molecule is CC(=O)/C=C(\O)C12CC(C(C)=C1C)C1C(=O)N(c3ccccc3)C(=O)C12. The molecule has 0 spiro atoms. The zero-order chi connectivity index (χ0) is 18.8. The van der Waals surface area contributed by atoms with Crippen molar-refractivity contribution in [2.45, 2.75) is 27.2 Å². The predicted molar refractivity (Wildman–Crippen MR) is 96.2 cm³/mol. The quantitative estimate of drug-likeness (QED) is 0.393. The van der Waals surface area contributed by atoms with Gasteiger partial charge in [0.05, 0.1) is 22.9 Å². The fraction of sp³-hybridized carbons (Fsp3) is 0.381. The molecule has 2 amide bonds. The Labute approximate surface area is 152 Å². The van der Waals surface area contributed by atoms with E-state index in [4.69, 9.17) is 0 Å². The molecular weight excluding hydrogens is 330 g/mol. The zero-order valence-electron chi connectivity index (χ0n) is 15.0. The molecule has 5 heteroatoms. The average Bonchev–Trinajstić information content (AvgIpc) is 3.17. The number of carbonyl (C=O) groups excluding carboxylic acids is 3. The van der Waals surface area contributed by atoms with Gasteiger partial charge >= 0.3 is 0 Å². The van der Waals surface area contributed by atoms with Crippen molar-refractivity contribution in [2.75, 3.05) is 4.90 Å². The summed E-state index contributed by atoms with van der Waals surface area (Å²) in [5.74, 6) is -2.07. The highest BCUT2D eigenvalue weighted by molar-refractivity contribution is 6.23. The number of hydrogen-bond acceptors (Lipinski definition) is 4. The van der Waals surface area contributed by atoms with E-state index in [1.165, 1.54) is 17.9 Å². The summed E-state index contributed by atoms with van der Waals surface area (Å²) in [5.41, 5.74) is 1.57. The lowest BCUT2D eigenvalue weighted by Crippen LogP contribution is -2.38. The number of para-hydroxylation sites is 1. The Morgan fingerprint density at radius 2 is 1.85 bits per heavy atom. The molecule has 1 heterocycles. The third-order valence-corrected chi connectivity index (χ3v) is 6.49. The highest BCUT2D eigenvalue weighted by Crippen LogP contribution is 2.68. The molecule has 26 heavy (non-hydrogen) atoms. The van der Waals surface area contributed by atoms with E-state index >= 15 is 0 Å². The van der Waals surface area contributed by atoms with Crippen molar-refractivity contribution < 1.29 is 19.5 Å². The normalized spacial score (nSPS) is 33.3. The van der Waals surface area contributed by atoms with Gasteiger partial charge in [0.1, 0.15) is 5.76 Å². The molecular formula is C21H21NO4. The maximum Gasteiger partial charge on any atom is 0.239 e. The van der Waals surface area contributed by atoms with Gasteiger partial charge in [-0.15, -0.1) is 0 Å². The first-order chi connectivity index (χ1) is 12.3. The van der Waals surface area contributed by atoms with E-state index in [0.717, 1.165) is 11.1 Å². The minimum Gasteiger partial charge on any atom is -0.511 e. The first-order valence-corrected chi connectivity index (χ1v) is 8.83. The second-order valence-corrected chi connectivity index (χ2v) is 7.58. The number of anilines is 1. The van der Waals surface area contributed by atoms with Gasteiger partial charge < -0.3 is 5.11 Å². The predicted octanol–water partition coefficient (Wildman–Crippen LogP) is 3.18. The molecule has 4 unspecified atom stereocenters. The number of aliphatic hydroxyl groups excluding tert-OH is 1. The van der Waals surface area contributed by atoms with Crippen LogP contribution in [0.4, 0.5) is 5.69 Å². The Morgan fingerprint density at radius 1 is 1.19 bits per heavy atom. The van der Waals surface area contributed by atoms with Crippen LogP contribution in [0, 0.1) is 23.2 Å². The van der Waals surface area contributed by atoms with Crippen LogP contribution in [-0.2, 0) is 14.4 Å². The van der Waals surface area contributed by atoms with Gasteiger partial charge in [-0.3, -0.25) is 14.4 Å². The maximum absolute atomic E-state index is 13.3. The molecule has 1 aromatic carbocycles. The van der Waals surface area contributed by atoms with Gasteiger partial charge in [0.25, 0.3) is 0 Å². The molecule has 5 nitrogen and oxygen atoms in total. The summed E-state index contributed by atoms with van der Waals surface area (Å²) in [6.45, 7) is 5.23. The summed E-state index contributed by atoms with van der Waals surface area (Å²) in [7, 11) is 0. The Morgan fingerprint density at radius 3 is 2.46 bits per heavy atom. The number of rotatable bonds is 3. The third kappa shape index (κ3) is 1.88. The van der Waals surface area contributed by atoms with Gasteiger partial charge in [0.15, 0.2) is 5.78 Å². The van der Waals surface area contributed by atoms with E-state index in [1.807, 2.05) is 19.9 Å². The van der Waals surface area contributed by atoms with Gasteiger partial charge in [-0.1, -0.05) is 29.3 Å². The second-order valence-electron chi connectivity index (χ2n) is 7.58. The standard InChI is InChI=1S/C21H21NO4/c1-11(23)9-16(24)21-10-15(12(2)13(21)3)17-18(21)20(26)22(19(17)25)14-7-5-4-6-8-14/h4-9,15,17-18,24H,10H2,1-3H3/b16-9-. The molecule has 2 aliphatic carbocycles. The molecule has 4 rings (SSSR count). The lowest BCUT2D eigenvalue weighted by atomic mass is 9.67. The fourth-order valence-electron chi connectivity index (χ4n) is 5.26. The summed E-state index contributed by atoms with van der Waals surface area (Å²) in [6.07, 6.45) is 1.71. The molecule has 1 aliphatic heterocycles. The molecule has 134 valence electrons. The summed E-state index contributed by atoms with van der Waals surface area (Å²) in [4.78, 5) is 39.3. The average molecular weight is 351 g/mol. The molecule has 3 aliphatic rings. The van der Waals surface area contributed by atoms with Crippen LogP contribution < -0.4 is 4.90 Å². The Balaban J connectivity index is 1.87. The van der Waals surface area contributed by atoms with Crippen molar-refractivity contribution in [3.8, 4) is 0 Å². The lowest BCUT2D eigenvalue weighted by molar-refractivity contribution is -0.124. The van der Waals surface area contributed by atoms with E-state index in [1.54, 1.807) is 24.3 Å². The monoisotopic (exact) mass is 351 g/mol. The summed E-state index contributed by atoms with van der Waals surface area (Å²) in [6, 6.07) is 8.89. The minimum atomic E-state index is -0.943. The van der Waals surface area contributed by atoms with E-state index in [0.29, 0.717) is 12.1 Å². The van der Waals surface area contributed by atoms with Gasteiger partial charge in [0, 0.05) is 6.08 Å². The molecule has 2 fully saturated rings. The van der Waals surface area contributed by atoms with Crippen molar-refractivity contribution in [1.29, 1.82) is 0 Å². The van der Waals surface area contributed by atoms with Crippen LogP contribution in [0.2, 0.25) is 0 Å². The van der Waals surface area contributed by atoms with Gasteiger partial charge in [0.2, 0.25) is 11.8 Å². The Kier molecular flexibility index (Phi) is 3.48. The van der Waals surface area contributed by atoms with Crippen LogP contribution in [0.15, 0.2) is 53.3 Å². The molecule has 4 atom stereocenters. The smallest absolute Gasteiger partial charge is 0.239 e. The number of imide groups is 1. The molecule has 2 bridgehead atoms. The number of hydrogen-bond donors (Lipinski definition) is 1. The van der Waals surface area contributed by atoms with Crippen LogP contribution in [0.1, 0.15) is 27.2 Å². The minimum absolute atomic E-state index is 0.0762. The van der Waals surface area contributed by atoms with E-state index in [2.05, 4.69) is 0 Å². The van der Waals surface area contributed by atoms with Crippen LogP contribution >= 0.6 is 0 Å². The summed E-state index contributed by atoms with van der Waals surface area (Å²) < 4.78 is 0. The molecule has 0 radical (unpaired) electrons. The van der Waals surface area contributed by atoms with Crippen molar-refractivity contribution in [1.82, 2.24) is 0 Å². The molecule has 1 saturated carbocycles. The number of allylic oxidation sites excluding steroid dienone is 3. The molecule has 1 aromatic rings. The van der Waals surface area contributed by atoms with Crippen molar-refractivity contribution in [3.63, 3.8) is 0 Å². The van der Waals surface area contributed by atoms with Crippen LogP contribution in [0.25, 0.3) is 0 Å². The van der Waals surface area contributed by atoms with E-state index in [-0.39, 0.29) is 29.3 Å². The third-order valence-electron chi connectivity index (χ3n) is 6.49. The number of fused-ring (bicyclic) bond motifs is 5. The molecule has 0 aromatic heterocycles.